The van der Waals surface area contributed by atoms with Crippen molar-refractivity contribution in [2.24, 2.45) is 20.8 Å². The Morgan fingerprint density at radius 2 is 0.828 bits per heavy atom. The number of esters is 2. The predicted molar refractivity (Wildman–Crippen MR) is 473 cm³/mol. The number of anilines is 4. The number of hydrogen-bond acceptors (Lipinski definition) is 17. The van der Waals surface area contributed by atoms with Crippen LogP contribution in [0.4, 0.5) is 34.1 Å². The second-order valence-corrected chi connectivity index (χ2v) is 37.8. The van der Waals surface area contributed by atoms with Crippen molar-refractivity contribution in [1.82, 2.24) is 0 Å². The Hall–Kier alpha value is -9.42. The summed E-state index contributed by atoms with van der Waals surface area (Å²) in [6, 6.07) is 55.4. The van der Waals surface area contributed by atoms with Crippen LogP contribution in [0.5, 0.6) is 11.5 Å². The Labute approximate surface area is 689 Å². The lowest BCUT2D eigenvalue weighted by molar-refractivity contribution is -0.185. The molecule has 8 aromatic carbocycles. The molecule has 0 fully saturated rings. The van der Waals surface area contributed by atoms with Crippen molar-refractivity contribution in [3.8, 4) is 33.8 Å². The molecule has 0 aliphatic carbocycles. The van der Waals surface area contributed by atoms with Crippen LogP contribution in [-0.4, -0.2) is 134 Å². The highest BCUT2D eigenvalue weighted by Gasteiger charge is 2.62. The second-order valence-electron chi connectivity index (χ2n) is 37.8. The normalized spacial score (nSPS) is 18.4. The summed E-state index contributed by atoms with van der Waals surface area (Å²) in [6.07, 6.45) is 4.71. The van der Waals surface area contributed by atoms with E-state index in [1.807, 2.05) is 47.0 Å². The lowest BCUT2D eigenvalue weighted by Gasteiger charge is -2.48. The number of carbonyl (C=O) groups excluding carboxylic acids is 4. The molecule has 5 atom stereocenters. The summed E-state index contributed by atoms with van der Waals surface area (Å²) >= 11 is 0. The van der Waals surface area contributed by atoms with Gasteiger partial charge in [0.05, 0.1) is 72.6 Å². The monoisotopic (exact) mass is 1570 g/mol. The number of rotatable bonds is 33. The Morgan fingerprint density at radius 1 is 0.466 bits per heavy atom. The van der Waals surface area contributed by atoms with Crippen LogP contribution >= 0.6 is 0 Å². The Kier molecular flexibility index (Phi) is 24.6. The van der Waals surface area contributed by atoms with Gasteiger partial charge in [-0.1, -0.05) is 158 Å². The highest BCUT2D eigenvalue weighted by molar-refractivity contribution is 6.07. The van der Waals surface area contributed by atoms with Gasteiger partial charge < -0.3 is 52.8 Å². The zero-order valence-electron chi connectivity index (χ0n) is 73.1. The summed E-state index contributed by atoms with van der Waals surface area (Å²) in [5.41, 5.74) is 6.39. The highest BCUT2D eigenvalue weighted by Crippen LogP contribution is 2.59. The quantitative estimate of drug-likeness (QED) is 0.0356. The summed E-state index contributed by atoms with van der Waals surface area (Å²) in [4.78, 5) is 73.8. The van der Waals surface area contributed by atoms with Crippen LogP contribution in [0, 0.1) is 10.8 Å². The first-order chi connectivity index (χ1) is 54.6. The summed E-state index contributed by atoms with van der Waals surface area (Å²) in [6.45, 7) is 50.0. The largest absolute Gasteiger partial charge is 0.464 e. The van der Waals surface area contributed by atoms with E-state index in [0.29, 0.717) is 45.4 Å². The third-order valence-electron chi connectivity index (χ3n) is 24.1. The highest BCUT2D eigenvalue weighted by atomic mass is 16.6. The lowest BCUT2D eigenvalue weighted by Crippen LogP contribution is -2.63. The van der Waals surface area contributed by atoms with E-state index in [-0.39, 0.29) is 73.5 Å². The van der Waals surface area contributed by atoms with Gasteiger partial charge in [0, 0.05) is 85.4 Å². The molecule has 17 heteroatoms. The molecule has 4 aliphatic rings. The minimum Gasteiger partial charge on any atom is -0.464 e. The summed E-state index contributed by atoms with van der Waals surface area (Å²) in [7, 11) is 0. The zero-order valence-corrected chi connectivity index (χ0v) is 73.1. The first-order valence-corrected chi connectivity index (χ1v) is 42.1. The Balaban J connectivity index is 0.564. The van der Waals surface area contributed by atoms with Gasteiger partial charge in [-0.05, 0) is 214 Å². The first kappa shape index (κ1) is 85.9. The van der Waals surface area contributed by atoms with Crippen LogP contribution in [0.1, 0.15) is 208 Å². The molecule has 2 spiro atoms. The predicted octanol–water partition coefficient (Wildman–Crippen LogP) is 21.8. The van der Waals surface area contributed by atoms with Crippen molar-refractivity contribution in [3.05, 3.63) is 169 Å². The number of fused-ring (bicyclic) bond motifs is 8. The van der Waals surface area contributed by atoms with E-state index in [1.165, 1.54) is 22.5 Å². The smallest absolute Gasteiger partial charge is 0.306 e. The number of benzene rings is 8. The maximum absolute atomic E-state index is 13.8. The van der Waals surface area contributed by atoms with Crippen LogP contribution in [-0.2, 0) is 53.7 Å². The van der Waals surface area contributed by atoms with Crippen molar-refractivity contribution in [2.75, 3.05) is 72.1 Å². The van der Waals surface area contributed by atoms with Gasteiger partial charge in [-0.2, -0.15) is 0 Å². The van der Waals surface area contributed by atoms with Gasteiger partial charge in [-0.15, -0.1) is 0 Å². The number of ketones is 2. The molecule has 0 aromatic heterocycles. The number of Topliss-reactive ketones (excluding diaryl/α,β-unsaturated/α-hetero) is 2. The topological polar surface area (TPSA) is 171 Å². The molecule has 8 aromatic rings. The van der Waals surface area contributed by atoms with Crippen LogP contribution < -0.4 is 29.1 Å². The molecule has 12 rings (SSSR count). The first-order valence-electron chi connectivity index (χ1n) is 42.1. The molecule has 17 nitrogen and oxygen atoms in total. The number of ether oxygens (including phenoxy) is 7. The molecule has 4 heterocycles. The molecule has 0 radical (unpaired) electrons. The maximum atomic E-state index is 13.8. The SMILES string of the molecule is CCN(CCOC(=O)CCC(=O)C(C)(C)OC(C)CC(C)(C)OC(C)(CC)CC(C)OC(C)(C)C(=O)CCC(=O)OCCN(CC)c1ccc(-c2cc3c(c4ccccc24)OC2(C=N3)N(CC(C)(C)C)c3ccccc3C2(C)C)cc1)c1ccc(-c2cc3c(c4ccccc24)OC2(C=N3)N(CC(C)(C)C)c3ccccc3C2(C)C)cc1. The van der Waals surface area contributed by atoms with Crippen LogP contribution in [0.2, 0.25) is 0 Å². The average molecular weight is 1580 g/mol. The van der Waals surface area contributed by atoms with Gasteiger partial charge in [0.1, 0.15) is 35.8 Å². The van der Waals surface area contributed by atoms with Crippen molar-refractivity contribution in [2.45, 2.75) is 254 Å². The van der Waals surface area contributed by atoms with Gasteiger partial charge in [0.2, 0.25) is 11.4 Å². The Bertz CT molecular complexity index is 4990. The van der Waals surface area contributed by atoms with E-state index in [1.54, 1.807) is 27.7 Å². The molecule has 0 bridgehead atoms. The molecule has 4 aliphatic heterocycles. The van der Waals surface area contributed by atoms with Crippen LogP contribution in [0.15, 0.2) is 168 Å². The number of likely N-dealkylation sites (N-methyl/N-ethyl adjacent to an activating group) is 2. The van der Waals surface area contributed by atoms with Crippen LogP contribution in [0.3, 0.4) is 0 Å². The number of para-hydroxylation sites is 2. The number of nitrogens with zero attached hydrogens (tertiary/aromatic N) is 6. The molecule has 0 saturated heterocycles. The Morgan fingerprint density at radius 3 is 1.20 bits per heavy atom. The standard InChI is InChI=1S/C99H126N6O11/c1-23-97(22,61-67(5)113-96(20,21)85(107)51-53-87(109)111-57-55-103(25-3)71-48-44-69(45-49-71)77-59-81-89(75-37-29-27-35-73(75)77)115-99(63-101-81)94(16,17)79-39-31-33-41-83(79)105(99)65-91(9,10)11)116-92(12,13)60-66(4)112-95(18,19)84(106)50-52-86(108)110-56-54-102(24-2)70-46-42-68(43-47-70)76-58-80-88(74-36-28-26-34-72(74)76)114-98(62-100-80)93(14,15)78-38-30-32-40-82(78)104(98)64-90(6,7)8/h26-49,58-59,62-63,66-67H,23-25,50-57,60-61,64-65H2,1-22H3. The molecule has 116 heavy (non-hydrogen) atoms. The van der Waals surface area contributed by atoms with E-state index in [9.17, 15) is 19.2 Å². The summed E-state index contributed by atoms with van der Waals surface area (Å²) in [5, 5.41) is 4.16. The van der Waals surface area contributed by atoms with Gasteiger partial charge in [0.25, 0.3) is 0 Å². The van der Waals surface area contributed by atoms with Gasteiger partial charge in [-0.3, -0.25) is 29.2 Å². The fourth-order valence-electron chi connectivity index (χ4n) is 18.2. The minimum atomic E-state index is -1.18. The van der Waals surface area contributed by atoms with Crippen molar-refractivity contribution in [3.63, 3.8) is 0 Å². The number of carbonyl (C=O) groups is 4. The van der Waals surface area contributed by atoms with Crippen LogP contribution in [0.25, 0.3) is 43.8 Å². The number of aliphatic imine (C=N–C) groups is 2. The molecule has 0 N–H and O–H groups in total. The summed E-state index contributed by atoms with van der Waals surface area (Å²) < 4.78 is 46.2. The third kappa shape index (κ3) is 17.7. The van der Waals surface area contributed by atoms with Gasteiger partial charge >= 0.3 is 11.9 Å². The minimum absolute atomic E-state index is 0.0106. The van der Waals surface area contributed by atoms with E-state index >= 15 is 0 Å². The molecule has 0 amide bonds. The van der Waals surface area contributed by atoms with Crippen molar-refractivity contribution in [1.29, 1.82) is 0 Å². The number of hydrogen-bond donors (Lipinski definition) is 0. The average Bonchev–Trinajstić information content (AvgIpc) is 1.53. The molecular weight excluding hydrogens is 1450 g/mol. The van der Waals surface area contributed by atoms with E-state index < -0.39 is 56.6 Å². The molecule has 618 valence electrons. The fourth-order valence-corrected chi connectivity index (χ4v) is 18.2. The molecular formula is C99H126N6O11. The summed E-state index contributed by atoms with van der Waals surface area (Å²) in [5.74, 6) is 0.274. The zero-order chi connectivity index (χ0) is 83.9. The van der Waals surface area contributed by atoms with Gasteiger partial charge in [-0.25, -0.2) is 0 Å². The maximum Gasteiger partial charge on any atom is 0.306 e. The van der Waals surface area contributed by atoms with E-state index in [0.717, 1.165) is 91.1 Å². The van der Waals surface area contributed by atoms with Crippen molar-refractivity contribution >= 4 is 91.6 Å². The molecule has 5 unspecified atom stereocenters. The van der Waals surface area contributed by atoms with E-state index in [2.05, 4.69) is 267 Å². The van der Waals surface area contributed by atoms with Gasteiger partial charge in [0.15, 0.2) is 23.1 Å². The van der Waals surface area contributed by atoms with E-state index in [4.69, 9.17) is 43.1 Å². The second kappa shape index (κ2) is 33.2. The lowest BCUT2D eigenvalue weighted by atomic mass is 9.77. The molecule has 0 saturated carbocycles. The third-order valence-corrected chi connectivity index (χ3v) is 24.1. The van der Waals surface area contributed by atoms with Crippen molar-refractivity contribution < 1.29 is 52.3 Å². The fraction of sp³-hybridized carbons (Fsp3) is 0.495.